The van der Waals surface area contributed by atoms with Crippen LogP contribution in [0.15, 0.2) is 36.4 Å². The second kappa shape index (κ2) is 10.8. The predicted octanol–water partition coefficient (Wildman–Crippen LogP) is 6.61. The highest BCUT2D eigenvalue weighted by Crippen LogP contribution is 2.40. The van der Waals surface area contributed by atoms with E-state index < -0.39 is 29.0 Å². The number of nitrogens with zero attached hydrogens (tertiary/aromatic N) is 3. The molecule has 0 atom stereocenters. The molecule has 0 amide bonds. The number of pyridine rings is 1. The van der Waals surface area contributed by atoms with E-state index in [1.54, 1.807) is 13.8 Å². The Balaban J connectivity index is 0.00000320. The lowest BCUT2D eigenvalue weighted by molar-refractivity contribution is 0.0528. The Hall–Kier alpha value is -3.59. The molecule has 5 rings (SSSR count). The number of piperidine rings is 1. The highest BCUT2D eigenvalue weighted by molar-refractivity contribution is 6.11. The molecule has 0 unspecified atom stereocenters. The van der Waals surface area contributed by atoms with E-state index >= 15 is 0 Å². The third-order valence-corrected chi connectivity index (χ3v) is 6.52. The molecule has 194 valence electrons. The number of rotatable bonds is 5. The fourth-order valence-corrected chi connectivity index (χ4v) is 4.81. The standard InChI is InChI=1S/C27H25F3N4O2.ClH/c1-3-36-27(35)23-21(16-7-9-17(10-8-16)34-13-5-4-6-14-34)20-15(2)32-33-26(20)31-25(23)22-18(28)11-12-19(29)24(22)30;/h7-12H,3-6,13-14H2,1-2H3,(H,31,32,33);1H. The van der Waals surface area contributed by atoms with Crippen molar-refractivity contribution in [3.8, 4) is 22.4 Å². The summed E-state index contributed by atoms with van der Waals surface area (Å²) in [6.07, 6.45) is 3.46. The van der Waals surface area contributed by atoms with Gasteiger partial charge < -0.3 is 9.64 Å². The number of hydrogen-bond acceptors (Lipinski definition) is 5. The van der Waals surface area contributed by atoms with Crippen molar-refractivity contribution >= 4 is 35.1 Å². The average Bonchev–Trinajstić information content (AvgIpc) is 3.26. The van der Waals surface area contributed by atoms with Crippen LogP contribution in [0.1, 0.15) is 42.2 Å². The van der Waals surface area contributed by atoms with E-state index in [1.165, 1.54) is 6.42 Å². The first kappa shape index (κ1) is 26.5. The maximum Gasteiger partial charge on any atom is 0.341 e. The molecule has 1 saturated heterocycles. The van der Waals surface area contributed by atoms with Crippen molar-refractivity contribution < 1.29 is 22.7 Å². The van der Waals surface area contributed by atoms with Gasteiger partial charge in [-0.3, -0.25) is 5.10 Å². The number of nitrogens with one attached hydrogen (secondary N) is 1. The molecule has 1 aliphatic rings. The van der Waals surface area contributed by atoms with Crippen molar-refractivity contribution in [1.82, 2.24) is 15.2 Å². The topological polar surface area (TPSA) is 71.1 Å². The average molecular weight is 531 g/mol. The molecule has 0 spiro atoms. The van der Waals surface area contributed by atoms with Crippen LogP contribution in [0, 0.1) is 24.4 Å². The zero-order valence-electron chi connectivity index (χ0n) is 20.4. The van der Waals surface area contributed by atoms with Gasteiger partial charge in [0.1, 0.15) is 5.82 Å². The number of aryl methyl sites for hydroxylation is 1. The summed E-state index contributed by atoms with van der Waals surface area (Å²) in [5, 5.41) is 7.53. The highest BCUT2D eigenvalue weighted by Gasteiger charge is 2.30. The summed E-state index contributed by atoms with van der Waals surface area (Å²) in [5.74, 6) is -4.56. The Morgan fingerprint density at radius 1 is 1.00 bits per heavy atom. The van der Waals surface area contributed by atoms with Crippen LogP contribution in [0.5, 0.6) is 0 Å². The van der Waals surface area contributed by atoms with Gasteiger partial charge in [0.2, 0.25) is 0 Å². The van der Waals surface area contributed by atoms with Crippen molar-refractivity contribution in [1.29, 1.82) is 0 Å². The highest BCUT2D eigenvalue weighted by atomic mass is 35.5. The van der Waals surface area contributed by atoms with Gasteiger partial charge >= 0.3 is 5.97 Å². The molecule has 6 nitrogen and oxygen atoms in total. The maximum absolute atomic E-state index is 14.9. The zero-order valence-corrected chi connectivity index (χ0v) is 21.2. The van der Waals surface area contributed by atoms with E-state index in [0.29, 0.717) is 28.3 Å². The molecular weight excluding hydrogens is 505 g/mol. The fraction of sp³-hybridized carbons (Fsp3) is 0.296. The number of esters is 1. The minimum atomic E-state index is -1.44. The molecule has 10 heteroatoms. The summed E-state index contributed by atoms with van der Waals surface area (Å²) >= 11 is 0. The molecule has 37 heavy (non-hydrogen) atoms. The first-order valence-electron chi connectivity index (χ1n) is 12.0. The molecule has 0 bridgehead atoms. The SMILES string of the molecule is CCOC(=O)c1c(-c2c(F)ccc(F)c2F)nc2n[nH]c(C)c2c1-c1ccc(N2CCCCC2)cc1.Cl. The minimum absolute atomic E-state index is 0. The zero-order chi connectivity index (χ0) is 25.4. The number of anilines is 1. The summed E-state index contributed by atoms with van der Waals surface area (Å²) in [6, 6.07) is 9.12. The van der Waals surface area contributed by atoms with Crippen molar-refractivity contribution in [2.24, 2.45) is 0 Å². The first-order chi connectivity index (χ1) is 17.4. The van der Waals surface area contributed by atoms with Crippen LogP contribution in [0.25, 0.3) is 33.4 Å². The number of hydrogen-bond donors (Lipinski definition) is 1. The van der Waals surface area contributed by atoms with Crippen molar-refractivity contribution in [3.63, 3.8) is 0 Å². The lowest BCUT2D eigenvalue weighted by atomic mass is 9.92. The summed E-state index contributed by atoms with van der Waals surface area (Å²) < 4.78 is 49.3. The van der Waals surface area contributed by atoms with E-state index in [2.05, 4.69) is 20.1 Å². The van der Waals surface area contributed by atoms with Gasteiger partial charge in [-0.15, -0.1) is 12.4 Å². The lowest BCUT2D eigenvalue weighted by Gasteiger charge is -2.29. The summed E-state index contributed by atoms with van der Waals surface area (Å²) in [7, 11) is 0. The normalized spacial score (nSPS) is 13.5. The number of carbonyl (C=O) groups is 1. The number of aromatic amines is 1. The van der Waals surface area contributed by atoms with Crippen molar-refractivity contribution in [3.05, 3.63) is 65.1 Å². The smallest absolute Gasteiger partial charge is 0.341 e. The first-order valence-corrected chi connectivity index (χ1v) is 12.0. The lowest BCUT2D eigenvalue weighted by Crippen LogP contribution is -2.29. The number of halogens is 4. The number of benzene rings is 2. The predicted molar refractivity (Wildman–Crippen MR) is 139 cm³/mol. The second-order valence-electron chi connectivity index (χ2n) is 8.79. The summed E-state index contributed by atoms with van der Waals surface area (Å²) in [6.45, 7) is 5.36. The van der Waals surface area contributed by atoms with Gasteiger partial charge in [0.25, 0.3) is 0 Å². The molecule has 1 fully saturated rings. The van der Waals surface area contributed by atoms with Crippen LogP contribution < -0.4 is 4.90 Å². The van der Waals surface area contributed by atoms with Gasteiger partial charge in [-0.1, -0.05) is 12.1 Å². The molecule has 3 heterocycles. The maximum atomic E-state index is 14.9. The molecule has 2 aromatic heterocycles. The summed E-state index contributed by atoms with van der Waals surface area (Å²) in [4.78, 5) is 19.9. The third kappa shape index (κ3) is 4.75. The van der Waals surface area contributed by atoms with Crippen molar-refractivity contribution in [2.45, 2.75) is 33.1 Å². The third-order valence-electron chi connectivity index (χ3n) is 6.52. The Bertz CT molecular complexity index is 1450. The van der Waals surface area contributed by atoms with Crippen molar-refractivity contribution in [2.75, 3.05) is 24.6 Å². The number of fused-ring (bicyclic) bond motifs is 1. The van der Waals surface area contributed by atoms with E-state index in [4.69, 9.17) is 4.74 Å². The summed E-state index contributed by atoms with van der Waals surface area (Å²) in [5.41, 5.74) is 1.54. The Kier molecular flexibility index (Phi) is 7.73. The van der Waals surface area contributed by atoms with Gasteiger partial charge in [-0.05, 0) is 62.9 Å². The van der Waals surface area contributed by atoms with Gasteiger partial charge in [-0.25, -0.2) is 22.9 Å². The number of H-pyrrole nitrogens is 1. The van der Waals surface area contributed by atoms with Crippen LogP contribution >= 0.6 is 12.4 Å². The monoisotopic (exact) mass is 530 g/mol. The molecule has 4 aromatic rings. The van der Waals surface area contributed by atoms with Crippen LogP contribution in [-0.2, 0) is 4.74 Å². The van der Waals surface area contributed by atoms with E-state index in [-0.39, 0.29) is 35.9 Å². The fourth-order valence-electron chi connectivity index (χ4n) is 4.81. The van der Waals surface area contributed by atoms with Crippen LogP contribution in [0.3, 0.4) is 0 Å². The molecule has 0 saturated carbocycles. The van der Waals surface area contributed by atoms with Crippen LogP contribution in [-0.4, -0.2) is 40.8 Å². The Morgan fingerprint density at radius 3 is 2.35 bits per heavy atom. The molecule has 2 aromatic carbocycles. The molecule has 0 aliphatic carbocycles. The molecular formula is C27H26ClF3N4O2. The van der Waals surface area contributed by atoms with Gasteiger partial charge in [-0.2, -0.15) is 5.10 Å². The van der Waals surface area contributed by atoms with Gasteiger partial charge in [0.15, 0.2) is 17.3 Å². The number of ether oxygens (including phenoxy) is 1. The van der Waals surface area contributed by atoms with Crippen LogP contribution in [0.4, 0.5) is 18.9 Å². The largest absolute Gasteiger partial charge is 0.462 e. The number of aromatic nitrogens is 3. The molecule has 1 aliphatic heterocycles. The van der Waals surface area contributed by atoms with Gasteiger partial charge in [0, 0.05) is 30.0 Å². The molecule has 0 radical (unpaired) electrons. The van der Waals surface area contributed by atoms with Gasteiger partial charge in [0.05, 0.1) is 28.8 Å². The quantitative estimate of drug-likeness (QED) is 0.232. The number of carbonyl (C=O) groups excluding carboxylic acids is 1. The van der Waals surface area contributed by atoms with E-state index in [1.807, 2.05) is 24.3 Å². The Morgan fingerprint density at radius 2 is 1.68 bits per heavy atom. The van der Waals surface area contributed by atoms with Crippen LogP contribution in [0.2, 0.25) is 0 Å². The van der Waals surface area contributed by atoms with E-state index in [9.17, 15) is 18.0 Å². The minimum Gasteiger partial charge on any atom is -0.462 e. The second-order valence-corrected chi connectivity index (χ2v) is 8.79. The Labute approximate surface area is 218 Å². The van der Waals surface area contributed by atoms with E-state index in [0.717, 1.165) is 37.7 Å². The molecule has 1 N–H and O–H groups in total.